The van der Waals surface area contributed by atoms with Crippen LogP contribution in [0.3, 0.4) is 0 Å². The summed E-state index contributed by atoms with van der Waals surface area (Å²) in [5, 5.41) is 0. The highest BCUT2D eigenvalue weighted by Gasteiger charge is 2.22. The SMILES string of the molecule is CCOc1c(C)cc(S(=O)(=O)Nc2ccc(N3CCCC3=O)cc2)cc1C. The zero-order valence-corrected chi connectivity index (χ0v) is 16.6. The van der Waals surface area contributed by atoms with E-state index in [2.05, 4.69) is 4.72 Å². The van der Waals surface area contributed by atoms with Crippen LogP contribution in [0.2, 0.25) is 0 Å². The monoisotopic (exact) mass is 388 g/mol. The third-order valence-electron chi connectivity index (χ3n) is 4.54. The fourth-order valence-corrected chi connectivity index (χ4v) is 4.51. The van der Waals surface area contributed by atoms with Gasteiger partial charge >= 0.3 is 0 Å². The second-order valence-electron chi connectivity index (χ2n) is 6.62. The van der Waals surface area contributed by atoms with Crippen LogP contribution in [0.1, 0.15) is 30.9 Å². The Morgan fingerprint density at radius 2 is 1.74 bits per heavy atom. The number of hydrogen-bond donors (Lipinski definition) is 1. The molecule has 0 bridgehead atoms. The number of nitrogens with zero attached hydrogens (tertiary/aromatic N) is 1. The highest BCUT2D eigenvalue weighted by molar-refractivity contribution is 7.92. The van der Waals surface area contributed by atoms with E-state index in [1.54, 1.807) is 41.3 Å². The molecule has 0 unspecified atom stereocenters. The molecule has 7 heteroatoms. The first kappa shape index (κ1) is 19.2. The van der Waals surface area contributed by atoms with Gasteiger partial charge < -0.3 is 9.64 Å². The predicted octanol–water partition coefficient (Wildman–Crippen LogP) is 3.63. The minimum atomic E-state index is -3.72. The Balaban J connectivity index is 1.81. The Morgan fingerprint density at radius 1 is 1.11 bits per heavy atom. The van der Waals surface area contributed by atoms with Crippen LogP contribution in [0.15, 0.2) is 41.3 Å². The smallest absolute Gasteiger partial charge is 0.261 e. The van der Waals surface area contributed by atoms with E-state index in [0.717, 1.165) is 29.0 Å². The molecule has 1 aliphatic heterocycles. The summed E-state index contributed by atoms with van der Waals surface area (Å²) in [5.41, 5.74) is 2.79. The summed E-state index contributed by atoms with van der Waals surface area (Å²) in [6.45, 7) is 6.79. The van der Waals surface area contributed by atoms with Crippen molar-refractivity contribution in [1.82, 2.24) is 0 Å². The number of amides is 1. The maximum Gasteiger partial charge on any atom is 0.261 e. The van der Waals surface area contributed by atoms with Gasteiger partial charge in [0.15, 0.2) is 0 Å². The molecule has 1 N–H and O–H groups in total. The van der Waals surface area contributed by atoms with Crippen molar-refractivity contribution in [2.24, 2.45) is 0 Å². The molecule has 0 atom stereocenters. The highest BCUT2D eigenvalue weighted by Crippen LogP contribution is 2.29. The van der Waals surface area contributed by atoms with E-state index < -0.39 is 10.0 Å². The predicted molar refractivity (Wildman–Crippen MR) is 106 cm³/mol. The first-order valence-electron chi connectivity index (χ1n) is 8.99. The summed E-state index contributed by atoms with van der Waals surface area (Å²) in [6.07, 6.45) is 1.41. The molecule has 1 heterocycles. The largest absolute Gasteiger partial charge is 0.493 e. The lowest BCUT2D eigenvalue weighted by atomic mass is 10.1. The fraction of sp³-hybridized carbons (Fsp3) is 0.350. The van der Waals surface area contributed by atoms with Crippen molar-refractivity contribution in [3.05, 3.63) is 47.5 Å². The van der Waals surface area contributed by atoms with Crippen LogP contribution in [0, 0.1) is 13.8 Å². The molecular weight excluding hydrogens is 364 g/mol. The molecule has 0 aromatic heterocycles. The highest BCUT2D eigenvalue weighted by atomic mass is 32.2. The topological polar surface area (TPSA) is 75.7 Å². The number of anilines is 2. The molecule has 1 saturated heterocycles. The van der Waals surface area contributed by atoms with E-state index >= 15 is 0 Å². The first-order chi connectivity index (χ1) is 12.8. The molecule has 2 aromatic rings. The molecule has 1 amide bonds. The lowest BCUT2D eigenvalue weighted by molar-refractivity contribution is -0.117. The van der Waals surface area contributed by atoms with Gasteiger partial charge in [-0.2, -0.15) is 0 Å². The number of carbonyl (C=O) groups excluding carboxylic acids is 1. The van der Waals surface area contributed by atoms with Crippen LogP contribution < -0.4 is 14.4 Å². The molecule has 2 aromatic carbocycles. The molecule has 1 aliphatic rings. The van der Waals surface area contributed by atoms with Crippen LogP contribution in [0.25, 0.3) is 0 Å². The first-order valence-corrected chi connectivity index (χ1v) is 10.5. The van der Waals surface area contributed by atoms with Crippen LogP contribution in [0.5, 0.6) is 5.75 Å². The summed E-state index contributed by atoms with van der Waals surface area (Å²) < 4.78 is 33.7. The Hall–Kier alpha value is -2.54. The van der Waals surface area contributed by atoms with Crippen LogP contribution >= 0.6 is 0 Å². The van der Waals surface area contributed by atoms with Crippen molar-refractivity contribution in [3.8, 4) is 5.75 Å². The molecule has 27 heavy (non-hydrogen) atoms. The van der Waals surface area contributed by atoms with E-state index in [1.807, 2.05) is 20.8 Å². The maximum absolute atomic E-state index is 12.8. The van der Waals surface area contributed by atoms with Gasteiger partial charge in [-0.05, 0) is 74.7 Å². The van der Waals surface area contributed by atoms with Crippen molar-refractivity contribution in [3.63, 3.8) is 0 Å². The number of benzene rings is 2. The summed E-state index contributed by atoms with van der Waals surface area (Å²) in [4.78, 5) is 13.7. The Bertz CT molecular complexity index is 929. The molecule has 1 fully saturated rings. The second kappa shape index (κ2) is 7.60. The second-order valence-corrected chi connectivity index (χ2v) is 8.30. The van der Waals surface area contributed by atoms with Crippen molar-refractivity contribution in [2.75, 3.05) is 22.8 Å². The van der Waals surface area contributed by atoms with Gasteiger partial charge in [0.1, 0.15) is 5.75 Å². The number of rotatable bonds is 6. The zero-order chi connectivity index (χ0) is 19.6. The Kier molecular flexibility index (Phi) is 5.41. The lowest BCUT2D eigenvalue weighted by Crippen LogP contribution is -2.23. The maximum atomic E-state index is 12.8. The molecule has 0 saturated carbocycles. The van der Waals surface area contributed by atoms with Gasteiger partial charge in [0.2, 0.25) is 5.91 Å². The van der Waals surface area contributed by atoms with Gasteiger partial charge in [0.05, 0.1) is 11.5 Å². The average Bonchev–Trinajstić information content (AvgIpc) is 3.04. The third-order valence-corrected chi connectivity index (χ3v) is 5.90. The van der Waals surface area contributed by atoms with E-state index in [9.17, 15) is 13.2 Å². The van der Waals surface area contributed by atoms with Gasteiger partial charge in [-0.15, -0.1) is 0 Å². The molecule has 0 radical (unpaired) electrons. The molecule has 0 spiro atoms. The molecule has 3 rings (SSSR count). The van der Waals surface area contributed by atoms with Crippen LogP contribution in [-0.2, 0) is 14.8 Å². The van der Waals surface area contributed by atoms with E-state index in [4.69, 9.17) is 4.74 Å². The zero-order valence-electron chi connectivity index (χ0n) is 15.8. The normalized spacial score (nSPS) is 14.5. The van der Waals surface area contributed by atoms with Gasteiger partial charge in [-0.1, -0.05) is 0 Å². The van der Waals surface area contributed by atoms with Crippen LogP contribution in [0.4, 0.5) is 11.4 Å². The molecule has 144 valence electrons. The molecular formula is C20H24N2O4S. The minimum Gasteiger partial charge on any atom is -0.493 e. The average molecular weight is 388 g/mol. The van der Waals surface area contributed by atoms with E-state index in [-0.39, 0.29) is 10.8 Å². The van der Waals surface area contributed by atoms with Crippen molar-refractivity contribution in [2.45, 2.75) is 38.5 Å². The fourth-order valence-electron chi connectivity index (χ4n) is 3.28. The Labute approximate surface area is 160 Å². The lowest BCUT2D eigenvalue weighted by Gasteiger charge is -2.17. The van der Waals surface area contributed by atoms with E-state index in [0.29, 0.717) is 25.3 Å². The minimum absolute atomic E-state index is 0.101. The quantitative estimate of drug-likeness (QED) is 0.820. The van der Waals surface area contributed by atoms with Gasteiger partial charge in [-0.3, -0.25) is 9.52 Å². The van der Waals surface area contributed by atoms with Crippen molar-refractivity contribution >= 4 is 27.3 Å². The molecule has 0 aliphatic carbocycles. The molecule has 6 nitrogen and oxygen atoms in total. The van der Waals surface area contributed by atoms with Gasteiger partial charge in [0, 0.05) is 24.3 Å². The number of aryl methyl sites for hydroxylation is 2. The summed E-state index contributed by atoms with van der Waals surface area (Å²) >= 11 is 0. The number of sulfonamides is 1. The Morgan fingerprint density at radius 3 is 2.26 bits per heavy atom. The van der Waals surface area contributed by atoms with E-state index in [1.165, 1.54) is 0 Å². The summed E-state index contributed by atoms with van der Waals surface area (Å²) in [5.74, 6) is 0.819. The van der Waals surface area contributed by atoms with Crippen LogP contribution in [-0.4, -0.2) is 27.5 Å². The number of carbonyl (C=O) groups is 1. The van der Waals surface area contributed by atoms with Gasteiger partial charge in [0.25, 0.3) is 10.0 Å². The van der Waals surface area contributed by atoms with Crippen molar-refractivity contribution < 1.29 is 17.9 Å². The summed E-state index contributed by atoms with van der Waals surface area (Å²) in [6, 6.07) is 10.1. The number of nitrogens with one attached hydrogen (secondary N) is 1. The van der Waals surface area contributed by atoms with Gasteiger partial charge in [-0.25, -0.2) is 8.42 Å². The number of ether oxygens (including phenoxy) is 1. The standard InChI is InChI=1S/C20H24N2O4S/c1-4-26-20-14(2)12-18(13-15(20)3)27(24,25)21-16-7-9-17(10-8-16)22-11-5-6-19(22)23/h7-10,12-13,21H,4-6,11H2,1-3H3. The number of hydrogen-bond acceptors (Lipinski definition) is 4. The summed E-state index contributed by atoms with van der Waals surface area (Å²) in [7, 11) is -3.72. The third kappa shape index (κ3) is 4.08. The van der Waals surface area contributed by atoms with Crippen molar-refractivity contribution in [1.29, 1.82) is 0 Å².